The van der Waals surface area contributed by atoms with Crippen molar-refractivity contribution in [1.29, 1.82) is 0 Å². The van der Waals surface area contributed by atoms with Crippen molar-refractivity contribution in [3.8, 4) is 11.1 Å². The van der Waals surface area contributed by atoms with Crippen LogP contribution in [0.5, 0.6) is 0 Å². The van der Waals surface area contributed by atoms with Crippen molar-refractivity contribution in [1.82, 2.24) is 14.3 Å². The molecule has 0 aliphatic carbocycles. The van der Waals surface area contributed by atoms with Crippen LogP contribution in [0.4, 0.5) is 4.79 Å². The standard InChI is InChI=1S/C20H22ClN3O4S/c1-12-18(13-8-15(11-23-10-13)29(26,27)22-5)16-9-14(21)6-7-17(16)24(12)19(25)28-20(2,3)4/h6-11,22H,1-5H3. The summed E-state index contributed by atoms with van der Waals surface area (Å²) >= 11 is 6.21. The fraction of sp³-hybridized carbons (Fsp3) is 0.300. The lowest BCUT2D eigenvalue weighted by molar-refractivity contribution is 0.0542. The number of halogens is 1. The van der Waals surface area contributed by atoms with Gasteiger partial charge in [0.25, 0.3) is 0 Å². The van der Waals surface area contributed by atoms with Gasteiger partial charge in [0.15, 0.2) is 0 Å². The zero-order valence-electron chi connectivity index (χ0n) is 16.8. The summed E-state index contributed by atoms with van der Waals surface area (Å²) in [6, 6.07) is 6.67. The molecule has 0 unspecified atom stereocenters. The molecule has 0 fully saturated rings. The van der Waals surface area contributed by atoms with Crippen LogP contribution in [-0.4, -0.2) is 36.7 Å². The summed E-state index contributed by atoms with van der Waals surface area (Å²) < 4.78 is 33.7. The van der Waals surface area contributed by atoms with E-state index in [4.69, 9.17) is 16.3 Å². The summed E-state index contributed by atoms with van der Waals surface area (Å²) in [7, 11) is -2.34. The molecule has 3 rings (SSSR count). The minimum atomic E-state index is -3.67. The first-order chi connectivity index (χ1) is 13.4. The van der Waals surface area contributed by atoms with Gasteiger partial charge in [-0.1, -0.05) is 11.6 Å². The molecule has 2 aromatic heterocycles. The molecule has 0 radical (unpaired) electrons. The van der Waals surface area contributed by atoms with E-state index in [0.717, 1.165) is 0 Å². The van der Waals surface area contributed by atoms with Gasteiger partial charge in [-0.2, -0.15) is 0 Å². The van der Waals surface area contributed by atoms with Crippen molar-refractivity contribution in [2.75, 3.05) is 7.05 Å². The Bertz CT molecular complexity index is 1210. The molecule has 0 saturated carbocycles. The zero-order valence-corrected chi connectivity index (χ0v) is 18.4. The van der Waals surface area contributed by atoms with Crippen molar-refractivity contribution in [3.05, 3.63) is 47.4 Å². The first-order valence-electron chi connectivity index (χ1n) is 8.87. The molecule has 154 valence electrons. The Morgan fingerprint density at radius 3 is 2.52 bits per heavy atom. The molecule has 0 saturated heterocycles. The van der Waals surface area contributed by atoms with Gasteiger partial charge in [0.05, 0.1) is 5.52 Å². The van der Waals surface area contributed by atoms with E-state index in [0.29, 0.717) is 32.7 Å². The molecule has 0 aliphatic heterocycles. The van der Waals surface area contributed by atoms with Crippen molar-refractivity contribution < 1.29 is 17.9 Å². The molecule has 7 nitrogen and oxygen atoms in total. The smallest absolute Gasteiger partial charge is 0.419 e. The average Bonchev–Trinajstić information content (AvgIpc) is 2.91. The summed E-state index contributed by atoms with van der Waals surface area (Å²) in [4.78, 5) is 17.0. The van der Waals surface area contributed by atoms with Crippen molar-refractivity contribution in [2.24, 2.45) is 0 Å². The lowest BCUT2D eigenvalue weighted by Crippen LogP contribution is -2.27. The SMILES string of the molecule is CNS(=O)(=O)c1cncc(-c2c(C)n(C(=O)OC(C)(C)C)c3ccc(Cl)cc23)c1. The number of aromatic nitrogens is 2. The minimum Gasteiger partial charge on any atom is -0.443 e. The van der Waals surface area contributed by atoms with Crippen LogP contribution in [0.25, 0.3) is 22.0 Å². The number of ether oxygens (including phenoxy) is 1. The third kappa shape index (κ3) is 4.14. The number of nitrogens with zero attached hydrogens (tertiary/aromatic N) is 2. The third-order valence-corrected chi connectivity index (χ3v) is 5.94. The number of rotatable bonds is 3. The normalized spacial score (nSPS) is 12.3. The largest absolute Gasteiger partial charge is 0.443 e. The second-order valence-corrected chi connectivity index (χ2v) is 9.88. The van der Waals surface area contributed by atoms with Crippen molar-refractivity contribution in [3.63, 3.8) is 0 Å². The van der Waals surface area contributed by atoms with E-state index in [9.17, 15) is 13.2 Å². The molecule has 1 aromatic carbocycles. The number of nitrogens with one attached hydrogen (secondary N) is 1. The first-order valence-corrected chi connectivity index (χ1v) is 10.7. The summed E-state index contributed by atoms with van der Waals surface area (Å²) in [6.07, 6.45) is 2.29. The Kier molecular flexibility index (Phi) is 5.46. The predicted molar refractivity (Wildman–Crippen MR) is 113 cm³/mol. The van der Waals surface area contributed by atoms with E-state index in [1.807, 2.05) is 0 Å². The Morgan fingerprint density at radius 2 is 1.90 bits per heavy atom. The average molecular weight is 436 g/mol. The first kappa shape index (κ1) is 21.3. The molecular formula is C20H22ClN3O4S. The molecule has 9 heteroatoms. The summed E-state index contributed by atoms with van der Waals surface area (Å²) in [6.45, 7) is 7.14. The molecule has 0 aliphatic rings. The summed E-state index contributed by atoms with van der Waals surface area (Å²) in [5, 5.41) is 1.19. The number of hydrogen-bond acceptors (Lipinski definition) is 5. The molecule has 0 amide bonds. The highest BCUT2D eigenvalue weighted by Crippen LogP contribution is 2.37. The van der Waals surface area contributed by atoms with Crippen LogP contribution in [0, 0.1) is 6.92 Å². The molecule has 3 aromatic rings. The maximum Gasteiger partial charge on any atom is 0.419 e. The Hall–Kier alpha value is -2.42. The molecule has 0 spiro atoms. The van der Waals surface area contributed by atoms with Crippen LogP contribution in [0.3, 0.4) is 0 Å². The number of fused-ring (bicyclic) bond motifs is 1. The monoisotopic (exact) mass is 435 g/mol. The zero-order chi connectivity index (χ0) is 21.6. The van der Waals surface area contributed by atoms with Crippen molar-refractivity contribution in [2.45, 2.75) is 38.2 Å². The predicted octanol–water partition coefficient (Wildman–Crippen LogP) is 4.36. The highest BCUT2D eigenvalue weighted by atomic mass is 35.5. The number of pyridine rings is 1. The maximum atomic E-state index is 12.9. The van der Waals surface area contributed by atoms with Gasteiger partial charge >= 0.3 is 6.09 Å². The molecule has 2 heterocycles. The lowest BCUT2D eigenvalue weighted by Gasteiger charge is -2.20. The molecule has 29 heavy (non-hydrogen) atoms. The van der Waals surface area contributed by atoms with E-state index in [2.05, 4.69) is 9.71 Å². The highest BCUT2D eigenvalue weighted by Gasteiger charge is 2.25. The van der Waals surface area contributed by atoms with Gasteiger partial charge < -0.3 is 4.74 Å². The molecule has 0 bridgehead atoms. The van der Waals surface area contributed by atoms with Gasteiger partial charge in [-0.15, -0.1) is 0 Å². The van der Waals surface area contributed by atoms with Crippen molar-refractivity contribution >= 4 is 38.6 Å². The third-order valence-electron chi connectivity index (χ3n) is 4.32. The van der Waals surface area contributed by atoms with E-state index >= 15 is 0 Å². The molecule has 0 atom stereocenters. The second kappa shape index (κ2) is 7.44. The van der Waals surface area contributed by atoms with E-state index in [1.54, 1.807) is 52.1 Å². The number of carbonyl (C=O) groups is 1. The van der Waals surface area contributed by atoms with Gasteiger partial charge in [0.1, 0.15) is 10.5 Å². The molecular weight excluding hydrogens is 414 g/mol. The number of carbonyl (C=O) groups excluding carboxylic acids is 1. The van der Waals surface area contributed by atoms with Crippen LogP contribution < -0.4 is 4.72 Å². The van der Waals surface area contributed by atoms with Gasteiger partial charge in [0, 0.05) is 39.6 Å². The number of benzene rings is 1. The lowest BCUT2D eigenvalue weighted by atomic mass is 10.0. The second-order valence-electron chi connectivity index (χ2n) is 7.55. The van der Waals surface area contributed by atoms with Crippen LogP contribution in [0.1, 0.15) is 26.5 Å². The Morgan fingerprint density at radius 1 is 1.21 bits per heavy atom. The Labute approximate surface area is 174 Å². The fourth-order valence-corrected chi connectivity index (χ4v) is 4.01. The number of sulfonamides is 1. The molecule has 1 N–H and O–H groups in total. The highest BCUT2D eigenvalue weighted by molar-refractivity contribution is 7.89. The van der Waals surface area contributed by atoms with E-state index in [-0.39, 0.29) is 4.90 Å². The van der Waals surface area contributed by atoms with Crippen LogP contribution in [0.15, 0.2) is 41.6 Å². The van der Waals surface area contributed by atoms with Crippen LogP contribution in [-0.2, 0) is 14.8 Å². The van der Waals surface area contributed by atoms with Gasteiger partial charge in [-0.3, -0.25) is 4.98 Å². The topological polar surface area (TPSA) is 90.3 Å². The van der Waals surface area contributed by atoms with E-state index in [1.165, 1.54) is 23.9 Å². The van der Waals surface area contributed by atoms with E-state index < -0.39 is 21.7 Å². The van der Waals surface area contributed by atoms with Gasteiger partial charge in [-0.05, 0) is 59.0 Å². The van der Waals surface area contributed by atoms with Gasteiger partial charge in [0.2, 0.25) is 10.0 Å². The quantitative estimate of drug-likeness (QED) is 0.660. The minimum absolute atomic E-state index is 0.0251. The van der Waals surface area contributed by atoms with Crippen LogP contribution in [0.2, 0.25) is 5.02 Å². The van der Waals surface area contributed by atoms with Gasteiger partial charge in [-0.25, -0.2) is 22.5 Å². The number of hydrogen-bond donors (Lipinski definition) is 1. The fourth-order valence-electron chi connectivity index (χ4n) is 3.12. The van der Waals surface area contributed by atoms with Crippen LogP contribution >= 0.6 is 11.6 Å². The summed E-state index contributed by atoms with van der Waals surface area (Å²) in [5.41, 5.74) is 1.74. The maximum absolute atomic E-state index is 12.9. The summed E-state index contributed by atoms with van der Waals surface area (Å²) in [5.74, 6) is 0. The Balaban J connectivity index is 2.30.